The maximum absolute atomic E-state index is 3.61. The molecule has 0 aromatic heterocycles. The summed E-state index contributed by atoms with van der Waals surface area (Å²) in [7, 11) is 0.750. The van der Waals surface area contributed by atoms with Crippen LogP contribution in [0.1, 0.15) is 23.1 Å². The summed E-state index contributed by atoms with van der Waals surface area (Å²) in [5.74, 6) is 0. The van der Waals surface area contributed by atoms with Gasteiger partial charge in [0.15, 0.2) is 0 Å². The topological polar surface area (TPSA) is 0 Å². The van der Waals surface area contributed by atoms with Crippen LogP contribution in [-0.4, -0.2) is 9.52 Å². The molecule has 2 aliphatic rings. The van der Waals surface area contributed by atoms with Crippen molar-refractivity contribution in [1.29, 1.82) is 0 Å². The average Bonchev–Trinajstić information content (AvgIpc) is 3.15. The fourth-order valence-corrected chi connectivity index (χ4v) is 2.89. The summed E-state index contributed by atoms with van der Waals surface area (Å²) >= 11 is 0. The fraction of sp³-hybridized carbons (Fsp3) is 0.200. The molecule has 0 unspecified atom stereocenters. The van der Waals surface area contributed by atoms with E-state index in [-0.39, 0.29) is 26.2 Å². The first-order valence-electron chi connectivity index (χ1n) is 7.57. The molecule has 1 radical (unpaired) electrons. The Bertz CT molecular complexity index is 713. The molecule has 2 aromatic rings. The van der Waals surface area contributed by atoms with Crippen molar-refractivity contribution < 1.29 is 26.2 Å². The molecule has 2 heteroatoms. The molecule has 22 heavy (non-hydrogen) atoms. The second-order valence-corrected chi connectivity index (χ2v) is 6.65. The Kier molecular flexibility index (Phi) is 6.35. The van der Waals surface area contributed by atoms with Crippen LogP contribution >= 0.6 is 0 Å². The van der Waals surface area contributed by atoms with Gasteiger partial charge in [-0.1, -0.05) is 60.6 Å². The van der Waals surface area contributed by atoms with Crippen molar-refractivity contribution in [2.75, 3.05) is 0 Å². The minimum Gasteiger partial charge on any atom is -0.147 e. The Morgan fingerprint density at radius 2 is 1.77 bits per heavy atom. The van der Waals surface area contributed by atoms with Gasteiger partial charge in [0, 0.05) is 35.7 Å². The number of hydrogen-bond acceptors (Lipinski definition) is 0. The van der Waals surface area contributed by atoms with Gasteiger partial charge >= 0.3 is 0 Å². The van der Waals surface area contributed by atoms with Crippen molar-refractivity contribution in [2.24, 2.45) is 0 Å². The second kappa shape index (κ2) is 8.04. The van der Waals surface area contributed by atoms with E-state index in [9.17, 15) is 0 Å². The zero-order chi connectivity index (χ0) is 14.7. The molecule has 0 saturated heterocycles. The smallest absolute Gasteiger partial charge is 0.0213 e. The Hall–Kier alpha value is -0.980. The standard InChI is InChI=1S/C18H13.C2H7Si.Zr/c1-2-6-13(5-1)14-9-10-18-16(11-14)12-15-7-3-4-8-17(15)18;1-3-2;/h1-5,7-10H,6,12H2;3H,1-2H3;/q-1;;. The van der Waals surface area contributed by atoms with E-state index in [0.29, 0.717) is 0 Å². The number of fused-ring (bicyclic) bond motifs is 3. The normalized spacial score (nSPS) is 13.5. The van der Waals surface area contributed by atoms with Crippen molar-refractivity contribution in [3.05, 3.63) is 77.4 Å². The van der Waals surface area contributed by atoms with E-state index in [1.54, 1.807) is 0 Å². The van der Waals surface area contributed by atoms with Gasteiger partial charge in [-0.2, -0.15) is 0 Å². The van der Waals surface area contributed by atoms with Crippen molar-refractivity contribution in [2.45, 2.75) is 25.9 Å². The predicted molar refractivity (Wildman–Crippen MR) is 94.1 cm³/mol. The monoisotopic (exact) mass is 378 g/mol. The van der Waals surface area contributed by atoms with Gasteiger partial charge in [-0.15, -0.1) is 41.0 Å². The van der Waals surface area contributed by atoms with Crippen LogP contribution in [0.3, 0.4) is 0 Å². The third kappa shape index (κ3) is 3.50. The average molecular weight is 380 g/mol. The summed E-state index contributed by atoms with van der Waals surface area (Å²) < 4.78 is 0. The summed E-state index contributed by atoms with van der Waals surface area (Å²) in [6.07, 6.45) is 8.60. The van der Waals surface area contributed by atoms with Gasteiger partial charge < -0.3 is 0 Å². The first-order chi connectivity index (χ1) is 10.3. The number of rotatable bonds is 1. The molecule has 0 bridgehead atoms. The van der Waals surface area contributed by atoms with Gasteiger partial charge in [-0.25, -0.2) is 0 Å². The van der Waals surface area contributed by atoms with Crippen molar-refractivity contribution in [3.8, 4) is 11.1 Å². The van der Waals surface area contributed by atoms with Gasteiger partial charge in [-0.3, -0.25) is 0 Å². The fourth-order valence-electron chi connectivity index (χ4n) is 2.89. The molecule has 2 aliphatic carbocycles. The van der Waals surface area contributed by atoms with Crippen LogP contribution in [0, 0.1) is 6.07 Å². The summed E-state index contributed by atoms with van der Waals surface area (Å²) in [5, 5.41) is 0. The zero-order valence-electron chi connectivity index (χ0n) is 13.2. The van der Waals surface area contributed by atoms with Gasteiger partial charge in [0.05, 0.1) is 0 Å². The Morgan fingerprint density at radius 1 is 1.00 bits per heavy atom. The number of allylic oxidation sites excluding steroid dienone is 4. The molecule has 0 amide bonds. The van der Waals surface area contributed by atoms with Crippen LogP contribution in [0.4, 0.5) is 0 Å². The largest absolute Gasteiger partial charge is 0.147 e. The zero-order valence-corrected chi connectivity index (χ0v) is 16.8. The molecule has 0 atom stereocenters. The molecule has 0 N–H and O–H groups in total. The van der Waals surface area contributed by atoms with Gasteiger partial charge in [0.25, 0.3) is 0 Å². The van der Waals surface area contributed by atoms with Crippen molar-refractivity contribution in [1.82, 2.24) is 0 Å². The SMILES string of the molecule is C[SiH]C.[Zr].[c-]1c(C2=CC=CC2)ccc2c1Cc1ccccc1-2. The summed E-state index contributed by atoms with van der Waals surface area (Å²) in [4.78, 5) is 0. The second-order valence-electron chi connectivity index (χ2n) is 5.50. The van der Waals surface area contributed by atoms with Crippen LogP contribution in [-0.2, 0) is 32.6 Å². The van der Waals surface area contributed by atoms with Crippen LogP contribution < -0.4 is 0 Å². The minimum absolute atomic E-state index is 0. The first kappa shape index (κ1) is 17.4. The Balaban J connectivity index is 0.000000411. The van der Waals surface area contributed by atoms with Crippen LogP contribution in [0.25, 0.3) is 16.7 Å². The van der Waals surface area contributed by atoms with Crippen LogP contribution in [0.15, 0.2) is 54.6 Å². The third-order valence-electron chi connectivity index (χ3n) is 3.82. The number of benzene rings is 2. The summed E-state index contributed by atoms with van der Waals surface area (Å²) in [6, 6.07) is 16.7. The van der Waals surface area contributed by atoms with Crippen LogP contribution in [0.5, 0.6) is 0 Å². The molecular formula is C20H20SiZr-. The third-order valence-corrected chi connectivity index (χ3v) is 3.82. The molecular weight excluding hydrogens is 360 g/mol. The molecule has 0 aliphatic heterocycles. The summed E-state index contributed by atoms with van der Waals surface area (Å²) in [6.45, 7) is 4.42. The minimum atomic E-state index is 0. The molecule has 4 rings (SSSR count). The van der Waals surface area contributed by atoms with Gasteiger partial charge in [-0.05, 0) is 18.4 Å². The molecule has 0 heterocycles. The maximum atomic E-state index is 3.61. The van der Waals surface area contributed by atoms with Crippen LogP contribution in [0.2, 0.25) is 13.1 Å². The molecule has 2 aromatic carbocycles. The van der Waals surface area contributed by atoms with E-state index in [1.807, 2.05) is 0 Å². The Morgan fingerprint density at radius 3 is 2.50 bits per heavy atom. The van der Waals surface area contributed by atoms with E-state index in [2.05, 4.69) is 73.8 Å². The van der Waals surface area contributed by atoms with Gasteiger partial charge in [0.1, 0.15) is 0 Å². The molecule has 0 spiro atoms. The molecule has 0 fully saturated rings. The van der Waals surface area contributed by atoms with Gasteiger partial charge in [0.2, 0.25) is 0 Å². The Labute approximate surface area is 155 Å². The molecule has 109 valence electrons. The van der Waals surface area contributed by atoms with E-state index >= 15 is 0 Å². The molecule has 0 nitrogen and oxygen atoms in total. The first-order valence-corrected chi connectivity index (χ1v) is 9.88. The van der Waals surface area contributed by atoms with Crippen molar-refractivity contribution in [3.63, 3.8) is 0 Å². The van der Waals surface area contributed by atoms with E-state index < -0.39 is 0 Å². The van der Waals surface area contributed by atoms with E-state index in [1.165, 1.54) is 33.4 Å². The quantitative estimate of drug-likeness (QED) is 0.416. The van der Waals surface area contributed by atoms with E-state index in [4.69, 9.17) is 0 Å². The maximum Gasteiger partial charge on any atom is 0.0213 e. The molecule has 0 saturated carbocycles. The van der Waals surface area contributed by atoms with Crippen molar-refractivity contribution >= 4 is 15.1 Å². The predicted octanol–water partition coefficient (Wildman–Crippen LogP) is 4.92. The number of hydrogen-bond donors (Lipinski definition) is 0. The van der Waals surface area contributed by atoms with E-state index in [0.717, 1.165) is 22.4 Å². The summed E-state index contributed by atoms with van der Waals surface area (Å²) in [5.41, 5.74) is 8.16.